The summed E-state index contributed by atoms with van der Waals surface area (Å²) in [6.07, 6.45) is -4.49. The second kappa shape index (κ2) is 9.25. The highest BCUT2D eigenvalue weighted by molar-refractivity contribution is 7.89. The molecule has 0 radical (unpaired) electrons. The molecule has 0 saturated carbocycles. The molecule has 0 bridgehead atoms. The second-order valence-corrected chi connectivity index (χ2v) is 8.92. The number of sulfonamides is 1. The molecule has 1 aliphatic rings. The van der Waals surface area contributed by atoms with Crippen LogP contribution < -0.4 is 10.6 Å². The molecule has 2 aromatic carbocycles. The van der Waals surface area contributed by atoms with Crippen LogP contribution in [0.1, 0.15) is 12.5 Å². The Kier molecular flexibility index (Phi) is 6.87. The third-order valence-electron chi connectivity index (χ3n) is 4.68. The Hall–Kier alpha value is -2.63. The first kappa shape index (κ1) is 23.0. The molecule has 11 heteroatoms. The van der Waals surface area contributed by atoms with E-state index in [2.05, 4.69) is 10.6 Å². The van der Waals surface area contributed by atoms with E-state index < -0.39 is 33.7 Å². The molecule has 0 aromatic heterocycles. The molecule has 0 unspecified atom stereocenters. The van der Waals surface area contributed by atoms with Crippen LogP contribution in [-0.4, -0.2) is 51.0 Å². The molecule has 1 fully saturated rings. The molecule has 0 aliphatic carbocycles. The highest BCUT2D eigenvalue weighted by atomic mass is 32.2. The summed E-state index contributed by atoms with van der Waals surface area (Å²) < 4.78 is 70.6. The predicted molar refractivity (Wildman–Crippen MR) is 109 cm³/mol. The molecule has 1 heterocycles. The lowest BCUT2D eigenvalue weighted by molar-refractivity contribution is -0.137. The van der Waals surface area contributed by atoms with Gasteiger partial charge in [0, 0.05) is 24.5 Å². The van der Waals surface area contributed by atoms with Gasteiger partial charge in [0.05, 0.1) is 23.7 Å². The van der Waals surface area contributed by atoms with Crippen LogP contribution in [-0.2, 0) is 25.7 Å². The molecule has 168 valence electrons. The highest BCUT2D eigenvalue weighted by Crippen LogP contribution is 2.30. The Morgan fingerprint density at radius 2 is 1.71 bits per heavy atom. The average Bonchev–Trinajstić information content (AvgIpc) is 2.74. The number of alkyl halides is 3. The lowest BCUT2D eigenvalue weighted by Gasteiger charge is -2.26. The number of nitrogens with one attached hydrogen (secondary N) is 2. The fraction of sp³-hybridized carbons (Fsp3) is 0.350. The van der Waals surface area contributed by atoms with E-state index in [0.717, 1.165) is 12.1 Å². The SMILES string of the molecule is C[C@H](Nc1cccc(C(F)(F)F)c1)C(=O)Nc1cccc(S(=O)(=O)N2CCOCC2)c1. The van der Waals surface area contributed by atoms with Crippen LogP contribution in [0, 0.1) is 0 Å². The first-order valence-electron chi connectivity index (χ1n) is 9.50. The van der Waals surface area contributed by atoms with Gasteiger partial charge in [0.1, 0.15) is 6.04 Å². The van der Waals surface area contributed by atoms with Gasteiger partial charge >= 0.3 is 6.18 Å². The van der Waals surface area contributed by atoms with Gasteiger partial charge in [-0.15, -0.1) is 0 Å². The Labute approximate surface area is 178 Å². The molecule has 1 amide bonds. The third kappa shape index (κ3) is 5.75. The number of halogens is 3. The quantitative estimate of drug-likeness (QED) is 0.696. The molecule has 0 spiro atoms. The molecular formula is C20H22F3N3O4S. The number of ether oxygens (including phenoxy) is 1. The van der Waals surface area contributed by atoms with Crippen molar-refractivity contribution in [2.75, 3.05) is 36.9 Å². The minimum atomic E-state index is -4.49. The van der Waals surface area contributed by atoms with Gasteiger partial charge in [-0.3, -0.25) is 4.79 Å². The van der Waals surface area contributed by atoms with E-state index in [1.54, 1.807) is 0 Å². The molecule has 3 rings (SSSR count). The number of morpholine rings is 1. The molecule has 1 atom stereocenters. The van der Waals surface area contributed by atoms with Gasteiger partial charge in [0.25, 0.3) is 0 Å². The van der Waals surface area contributed by atoms with Crippen LogP contribution in [0.4, 0.5) is 24.5 Å². The minimum absolute atomic E-state index is 0.0330. The maximum Gasteiger partial charge on any atom is 0.416 e. The topological polar surface area (TPSA) is 87.7 Å². The average molecular weight is 457 g/mol. The van der Waals surface area contributed by atoms with Crippen molar-refractivity contribution in [3.63, 3.8) is 0 Å². The van der Waals surface area contributed by atoms with Crippen LogP contribution in [0.15, 0.2) is 53.4 Å². The second-order valence-electron chi connectivity index (χ2n) is 6.98. The van der Waals surface area contributed by atoms with Crippen molar-refractivity contribution in [1.82, 2.24) is 4.31 Å². The van der Waals surface area contributed by atoms with Crippen molar-refractivity contribution < 1.29 is 31.1 Å². The van der Waals surface area contributed by atoms with Crippen molar-refractivity contribution in [2.24, 2.45) is 0 Å². The number of carbonyl (C=O) groups is 1. The van der Waals surface area contributed by atoms with Gasteiger partial charge in [0.2, 0.25) is 15.9 Å². The zero-order valence-corrected chi connectivity index (χ0v) is 17.5. The van der Waals surface area contributed by atoms with Crippen LogP contribution in [0.5, 0.6) is 0 Å². The van der Waals surface area contributed by atoms with E-state index in [1.165, 1.54) is 47.6 Å². The van der Waals surface area contributed by atoms with E-state index >= 15 is 0 Å². The van der Waals surface area contributed by atoms with Crippen molar-refractivity contribution in [3.05, 3.63) is 54.1 Å². The number of nitrogens with zero attached hydrogens (tertiary/aromatic N) is 1. The van der Waals surface area contributed by atoms with E-state index in [4.69, 9.17) is 4.74 Å². The van der Waals surface area contributed by atoms with E-state index in [9.17, 15) is 26.4 Å². The standard InChI is InChI=1S/C20H22F3N3O4S/c1-14(24-16-5-2-4-15(12-16)20(21,22)23)19(27)25-17-6-3-7-18(13-17)31(28,29)26-8-10-30-11-9-26/h2-7,12-14,24H,8-11H2,1H3,(H,25,27)/t14-/m0/s1. The zero-order valence-electron chi connectivity index (χ0n) is 16.6. The maximum atomic E-state index is 12.9. The normalized spacial score (nSPS) is 16.5. The number of amides is 1. The van der Waals surface area contributed by atoms with Gasteiger partial charge < -0.3 is 15.4 Å². The van der Waals surface area contributed by atoms with Gasteiger partial charge in [0.15, 0.2) is 0 Å². The number of benzene rings is 2. The Morgan fingerprint density at radius 3 is 2.39 bits per heavy atom. The fourth-order valence-corrected chi connectivity index (χ4v) is 4.48. The van der Waals surface area contributed by atoms with Gasteiger partial charge in [-0.2, -0.15) is 17.5 Å². The molecule has 2 N–H and O–H groups in total. The van der Waals surface area contributed by atoms with Crippen molar-refractivity contribution in [1.29, 1.82) is 0 Å². The van der Waals surface area contributed by atoms with E-state index in [0.29, 0.717) is 13.2 Å². The van der Waals surface area contributed by atoms with Crippen molar-refractivity contribution >= 4 is 27.3 Å². The molecule has 1 aliphatic heterocycles. The predicted octanol–water partition coefficient (Wildman–Crippen LogP) is 3.17. The van der Waals surface area contributed by atoms with Gasteiger partial charge in [-0.1, -0.05) is 12.1 Å². The number of hydrogen-bond donors (Lipinski definition) is 2. The van der Waals surface area contributed by atoms with Gasteiger partial charge in [-0.05, 0) is 43.3 Å². The van der Waals surface area contributed by atoms with Crippen LogP contribution in [0.2, 0.25) is 0 Å². The highest BCUT2D eigenvalue weighted by Gasteiger charge is 2.30. The summed E-state index contributed by atoms with van der Waals surface area (Å²) >= 11 is 0. The fourth-order valence-electron chi connectivity index (χ4n) is 3.02. The van der Waals surface area contributed by atoms with Crippen LogP contribution in [0.3, 0.4) is 0 Å². The third-order valence-corrected chi connectivity index (χ3v) is 6.57. The molecule has 7 nitrogen and oxygen atoms in total. The summed E-state index contributed by atoms with van der Waals surface area (Å²) in [6.45, 7) is 2.61. The lowest BCUT2D eigenvalue weighted by Crippen LogP contribution is -2.40. The zero-order chi connectivity index (χ0) is 22.6. The summed E-state index contributed by atoms with van der Waals surface area (Å²) in [7, 11) is -3.73. The number of anilines is 2. The van der Waals surface area contributed by atoms with Crippen LogP contribution >= 0.6 is 0 Å². The van der Waals surface area contributed by atoms with Crippen LogP contribution in [0.25, 0.3) is 0 Å². The minimum Gasteiger partial charge on any atom is -0.379 e. The first-order chi connectivity index (χ1) is 14.6. The summed E-state index contributed by atoms with van der Waals surface area (Å²) in [6, 6.07) is 9.48. The molecule has 2 aromatic rings. The lowest BCUT2D eigenvalue weighted by atomic mass is 10.1. The summed E-state index contributed by atoms with van der Waals surface area (Å²) in [5.41, 5.74) is -0.427. The Balaban J connectivity index is 1.68. The van der Waals surface area contributed by atoms with E-state index in [1.807, 2.05) is 0 Å². The number of carbonyl (C=O) groups excluding carboxylic acids is 1. The summed E-state index contributed by atoms with van der Waals surface area (Å²) in [5, 5.41) is 5.31. The van der Waals surface area contributed by atoms with Crippen molar-refractivity contribution in [3.8, 4) is 0 Å². The summed E-state index contributed by atoms with van der Waals surface area (Å²) in [4.78, 5) is 12.5. The first-order valence-corrected chi connectivity index (χ1v) is 10.9. The molecule has 1 saturated heterocycles. The Bertz CT molecular complexity index is 1040. The molecule has 31 heavy (non-hydrogen) atoms. The molecular weight excluding hydrogens is 435 g/mol. The number of rotatable bonds is 6. The Morgan fingerprint density at radius 1 is 1.06 bits per heavy atom. The van der Waals surface area contributed by atoms with E-state index in [-0.39, 0.29) is 29.4 Å². The maximum absolute atomic E-state index is 12.9. The van der Waals surface area contributed by atoms with Gasteiger partial charge in [-0.25, -0.2) is 8.42 Å². The van der Waals surface area contributed by atoms with Crippen molar-refractivity contribution in [2.45, 2.75) is 24.0 Å². The smallest absolute Gasteiger partial charge is 0.379 e. The number of hydrogen-bond acceptors (Lipinski definition) is 5. The summed E-state index contributed by atoms with van der Waals surface area (Å²) in [5.74, 6) is -0.529. The largest absolute Gasteiger partial charge is 0.416 e. The monoisotopic (exact) mass is 457 g/mol.